The number of aryl methyl sites for hydroxylation is 1. The number of carbonyl (C=O) groups excluding carboxylic acids is 1. The van der Waals surface area contributed by atoms with Crippen LogP contribution in [0.25, 0.3) is 10.4 Å². The summed E-state index contributed by atoms with van der Waals surface area (Å²) in [5, 5.41) is 3.44. The van der Waals surface area contributed by atoms with Gasteiger partial charge in [-0.05, 0) is 24.1 Å². The number of rotatable bonds is 2. The molecule has 0 amide bonds. The SMILES string of the molecule is Cc1ccc(C=O)cc1N=[N+]=[N-]. The number of nitrogens with zero attached hydrogens (tertiary/aromatic N) is 3. The Balaban J connectivity index is 3.25. The van der Waals surface area contributed by atoms with Gasteiger partial charge in [-0.15, -0.1) is 0 Å². The van der Waals surface area contributed by atoms with Gasteiger partial charge in [-0.2, -0.15) is 0 Å². The Morgan fingerprint density at radius 2 is 2.33 bits per heavy atom. The van der Waals surface area contributed by atoms with E-state index in [1.54, 1.807) is 18.2 Å². The average molecular weight is 161 g/mol. The van der Waals surface area contributed by atoms with E-state index in [4.69, 9.17) is 5.53 Å². The summed E-state index contributed by atoms with van der Waals surface area (Å²) in [7, 11) is 0. The molecule has 0 saturated heterocycles. The minimum atomic E-state index is 0.502. The fraction of sp³-hybridized carbons (Fsp3) is 0.125. The molecule has 0 N–H and O–H groups in total. The summed E-state index contributed by atoms with van der Waals surface area (Å²) < 4.78 is 0. The van der Waals surface area contributed by atoms with E-state index < -0.39 is 0 Å². The molecule has 0 aliphatic heterocycles. The van der Waals surface area contributed by atoms with E-state index in [-0.39, 0.29) is 0 Å². The third-order valence-electron chi connectivity index (χ3n) is 1.52. The van der Waals surface area contributed by atoms with Gasteiger partial charge in [0.15, 0.2) is 0 Å². The van der Waals surface area contributed by atoms with Crippen molar-refractivity contribution in [1.29, 1.82) is 0 Å². The largest absolute Gasteiger partial charge is 0.298 e. The van der Waals surface area contributed by atoms with Gasteiger partial charge in [-0.3, -0.25) is 4.79 Å². The molecule has 1 rings (SSSR count). The van der Waals surface area contributed by atoms with E-state index >= 15 is 0 Å². The third kappa shape index (κ3) is 1.62. The molecule has 0 saturated carbocycles. The first-order chi connectivity index (χ1) is 5.77. The zero-order chi connectivity index (χ0) is 8.97. The summed E-state index contributed by atoms with van der Waals surface area (Å²) in [4.78, 5) is 13.0. The second-order valence-electron chi connectivity index (χ2n) is 2.35. The highest BCUT2D eigenvalue weighted by Crippen LogP contribution is 2.19. The molecule has 0 heterocycles. The highest BCUT2D eigenvalue weighted by atomic mass is 16.1. The van der Waals surface area contributed by atoms with Crippen LogP contribution in [0, 0.1) is 6.92 Å². The Kier molecular flexibility index (Phi) is 2.46. The van der Waals surface area contributed by atoms with E-state index in [0.29, 0.717) is 11.3 Å². The summed E-state index contributed by atoms with van der Waals surface area (Å²) >= 11 is 0. The van der Waals surface area contributed by atoms with Crippen LogP contribution in [-0.4, -0.2) is 6.29 Å². The Morgan fingerprint density at radius 3 is 2.92 bits per heavy atom. The summed E-state index contributed by atoms with van der Waals surface area (Å²) in [6.45, 7) is 1.82. The lowest BCUT2D eigenvalue weighted by Gasteiger charge is -1.97. The van der Waals surface area contributed by atoms with Crippen molar-refractivity contribution in [2.45, 2.75) is 6.92 Å². The predicted molar refractivity (Wildman–Crippen MR) is 45.4 cm³/mol. The van der Waals surface area contributed by atoms with Gasteiger partial charge in [0.2, 0.25) is 0 Å². The van der Waals surface area contributed by atoms with Crippen LogP contribution in [0.2, 0.25) is 0 Å². The monoisotopic (exact) mass is 161 g/mol. The van der Waals surface area contributed by atoms with E-state index in [9.17, 15) is 4.79 Å². The maximum absolute atomic E-state index is 10.3. The molecule has 0 unspecified atom stereocenters. The summed E-state index contributed by atoms with van der Waals surface area (Å²) in [6, 6.07) is 4.98. The Morgan fingerprint density at radius 1 is 1.58 bits per heavy atom. The van der Waals surface area contributed by atoms with Gasteiger partial charge in [-0.25, -0.2) is 0 Å². The van der Waals surface area contributed by atoms with Gasteiger partial charge in [0, 0.05) is 16.2 Å². The van der Waals surface area contributed by atoms with Crippen LogP contribution in [0.3, 0.4) is 0 Å². The zero-order valence-corrected chi connectivity index (χ0v) is 6.56. The van der Waals surface area contributed by atoms with Gasteiger partial charge in [0.1, 0.15) is 6.29 Å². The van der Waals surface area contributed by atoms with Crippen molar-refractivity contribution in [2.75, 3.05) is 0 Å². The molecule has 1 aromatic rings. The second-order valence-corrected chi connectivity index (χ2v) is 2.35. The average Bonchev–Trinajstić information content (AvgIpc) is 2.09. The van der Waals surface area contributed by atoms with Crippen molar-refractivity contribution in [3.05, 3.63) is 39.8 Å². The molecular weight excluding hydrogens is 154 g/mol. The van der Waals surface area contributed by atoms with Crippen LogP contribution in [0.4, 0.5) is 5.69 Å². The van der Waals surface area contributed by atoms with Crippen molar-refractivity contribution in [2.24, 2.45) is 5.11 Å². The molecule has 0 fully saturated rings. The molecule has 60 valence electrons. The normalized spacial score (nSPS) is 8.75. The molecule has 4 heteroatoms. The molecular formula is C8H7N3O. The lowest BCUT2D eigenvalue weighted by Crippen LogP contribution is -1.80. The summed E-state index contributed by atoms with van der Waals surface area (Å²) in [5.74, 6) is 0. The highest BCUT2D eigenvalue weighted by Gasteiger charge is 1.96. The van der Waals surface area contributed by atoms with Gasteiger partial charge in [0.25, 0.3) is 0 Å². The Hall–Kier alpha value is -1.80. The van der Waals surface area contributed by atoms with Gasteiger partial charge in [0.05, 0.1) is 0 Å². The third-order valence-corrected chi connectivity index (χ3v) is 1.52. The van der Waals surface area contributed by atoms with Crippen molar-refractivity contribution in [1.82, 2.24) is 0 Å². The zero-order valence-electron chi connectivity index (χ0n) is 6.56. The molecule has 0 spiro atoms. The van der Waals surface area contributed by atoms with Crippen molar-refractivity contribution >= 4 is 12.0 Å². The second kappa shape index (κ2) is 3.55. The fourth-order valence-electron chi connectivity index (χ4n) is 0.856. The van der Waals surface area contributed by atoms with Crippen molar-refractivity contribution in [3.63, 3.8) is 0 Å². The molecule has 0 aliphatic carbocycles. The van der Waals surface area contributed by atoms with Crippen molar-refractivity contribution < 1.29 is 4.79 Å². The van der Waals surface area contributed by atoms with Gasteiger partial charge in [-0.1, -0.05) is 17.2 Å². The topological polar surface area (TPSA) is 65.8 Å². The minimum Gasteiger partial charge on any atom is -0.298 e. The number of aldehydes is 1. The predicted octanol–water partition coefficient (Wildman–Crippen LogP) is 2.75. The van der Waals surface area contributed by atoms with Gasteiger partial charge >= 0.3 is 0 Å². The van der Waals surface area contributed by atoms with Crippen molar-refractivity contribution in [3.8, 4) is 0 Å². The minimum absolute atomic E-state index is 0.502. The number of hydrogen-bond acceptors (Lipinski definition) is 2. The van der Waals surface area contributed by atoms with Crippen LogP contribution < -0.4 is 0 Å². The molecule has 12 heavy (non-hydrogen) atoms. The quantitative estimate of drug-likeness (QED) is 0.284. The molecule has 0 bridgehead atoms. The fourth-order valence-corrected chi connectivity index (χ4v) is 0.856. The molecule has 0 radical (unpaired) electrons. The number of benzene rings is 1. The van der Waals surface area contributed by atoms with Crippen LogP contribution in [-0.2, 0) is 0 Å². The maximum Gasteiger partial charge on any atom is 0.150 e. The maximum atomic E-state index is 10.3. The first-order valence-corrected chi connectivity index (χ1v) is 3.39. The van der Waals surface area contributed by atoms with E-state index in [2.05, 4.69) is 10.0 Å². The van der Waals surface area contributed by atoms with E-state index in [1.807, 2.05) is 6.92 Å². The Labute approximate surface area is 69.5 Å². The number of carbonyl (C=O) groups is 1. The van der Waals surface area contributed by atoms with Crippen LogP contribution in [0.1, 0.15) is 15.9 Å². The van der Waals surface area contributed by atoms with Crippen LogP contribution >= 0.6 is 0 Å². The van der Waals surface area contributed by atoms with Gasteiger partial charge < -0.3 is 0 Å². The summed E-state index contributed by atoms with van der Waals surface area (Å²) in [5.41, 5.74) is 10.1. The lowest BCUT2D eigenvalue weighted by molar-refractivity contribution is 0.112. The lowest BCUT2D eigenvalue weighted by atomic mass is 10.1. The molecule has 0 aromatic heterocycles. The van der Waals surface area contributed by atoms with Crippen LogP contribution in [0.5, 0.6) is 0 Å². The van der Waals surface area contributed by atoms with E-state index in [1.165, 1.54) is 0 Å². The first kappa shape index (κ1) is 8.30. The standard InChI is InChI=1S/C8H7N3O/c1-6-2-3-7(5-12)4-8(6)10-11-9/h2-5H,1H3. The number of hydrogen-bond donors (Lipinski definition) is 0. The highest BCUT2D eigenvalue weighted by molar-refractivity contribution is 5.77. The molecule has 0 aliphatic rings. The molecule has 1 aromatic carbocycles. The summed E-state index contributed by atoms with van der Waals surface area (Å²) in [6.07, 6.45) is 0.718. The molecule has 4 nitrogen and oxygen atoms in total. The Bertz CT molecular complexity index is 353. The van der Waals surface area contributed by atoms with Crippen LogP contribution in [0.15, 0.2) is 23.3 Å². The first-order valence-electron chi connectivity index (χ1n) is 3.39. The van der Waals surface area contributed by atoms with E-state index in [0.717, 1.165) is 11.8 Å². The number of azide groups is 1. The smallest absolute Gasteiger partial charge is 0.150 e. The molecule has 0 atom stereocenters.